The van der Waals surface area contributed by atoms with Crippen LogP contribution in [0, 0.1) is 0 Å². The van der Waals surface area contributed by atoms with Gasteiger partial charge in [-0.1, -0.05) is 60.7 Å². The van der Waals surface area contributed by atoms with Gasteiger partial charge in [0, 0.05) is 18.8 Å². The van der Waals surface area contributed by atoms with Gasteiger partial charge < -0.3 is 10.6 Å². The number of nitrogens with one attached hydrogen (secondary N) is 2. The summed E-state index contributed by atoms with van der Waals surface area (Å²) in [6.45, 7) is 2.21. The van der Waals surface area contributed by atoms with E-state index in [0.717, 1.165) is 24.8 Å². The zero-order valence-corrected chi connectivity index (χ0v) is 12.9. The standard InChI is InChI=1S/C17H21N3S/c21-12-11-18-17(19-13-15-7-3-1-4-8-15)20-14-16-9-5-2-6-10-16/h1-10,21H,11-14H2,(H2,18,19,20). The van der Waals surface area contributed by atoms with E-state index in [1.54, 1.807) is 0 Å². The number of benzene rings is 2. The van der Waals surface area contributed by atoms with E-state index in [2.05, 4.69) is 52.5 Å². The third kappa shape index (κ3) is 5.92. The fraction of sp³-hybridized carbons (Fsp3) is 0.235. The Labute approximate surface area is 131 Å². The monoisotopic (exact) mass is 299 g/mol. The molecule has 0 saturated heterocycles. The van der Waals surface area contributed by atoms with Crippen LogP contribution in [0.4, 0.5) is 0 Å². The van der Waals surface area contributed by atoms with Crippen LogP contribution in [0.25, 0.3) is 0 Å². The van der Waals surface area contributed by atoms with E-state index in [4.69, 9.17) is 0 Å². The van der Waals surface area contributed by atoms with Crippen molar-refractivity contribution in [1.29, 1.82) is 0 Å². The van der Waals surface area contributed by atoms with Crippen molar-refractivity contribution in [2.45, 2.75) is 13.1 Å². The Kier molecular flexibility index (Phi) is 6.68. The second-order valence-electron chi connectivity index (χ2n) is 4.64. The number of thiol groups is 1. The summed E-state index contributed by atoms with van der Waals surface area (Å²) in [6.07, 6.45) is 0. The van der Waals surface area contributed by atoms with E-state index in [1.807, 2.05) is 36.4 Å². The van der Waals surface area contributed by atoms with Gasteiger partial charge in [0.05, 0.1) is 6.54 Å². The average molecular weight is 299 g/mol. The highest BCUT2D eigenvalue weighted by atomic mass is 32.1. The molecule has 0 fully saturated rings. The summed E-state index contributed by atoms with van der Waals surface area (Å²) in [5.74, 6) is 1.59. The van der Waals surface area contributed by atoms with Gasteiger partial charge in [-0.3, -0.25) is 0 Å². The lowest BCUT2D eigenvalue weighted by Crippen LogP contribution is -2.38. The van der Waals surface area contributed by atoms with Crippen LogP contribution in [0.1, 0.15) is 11.1 Å². The molecule has 0 aliphatic heterocycles. The van der Waals surface area contributed by atoms with E-state index in [9.17, 15) is 0 Å². The van der Waals surface area contributed by atoms with Gasteiger partial charge in [0.25, 0.3) is 0 Å². The van der Waals surface area contributed by atoms with Crippen molar-refractivity contribution in [3.63, 3.8) is 0 Å². The topological polar surface area (TPSA) is 36.4 Å². The lowest BCUT2D eigenvalue weighted by Gasteiger charge is -2.12. The van der Waals surface area contributed by atoms with Crippen LogP contribution in [0.2, 0.25) is 0 Å². The molecule has 2 aromatic rings. The molecular formula is C17H21N3S. The molecule has 0 spiro atoms. The second kappa shape index (κ2) is 9.08. The summed E-state index contributed by atoms with van der Waals surface area (Å²) in [6, 6.07) is 20.5. The first-order valence-corrected chi connectivity index (χ1v) is 7.72. The number of hydrogen-bond donors (Lipinski definition) is 3. The Morgan fingerprint density at radius 1 is 0.857 bits per heavy atom. The van der Waals surface area contributed by atoms with Crippen LogP contribution in [0.3, 0.4) is 0 Å². The molecule has 4 heteroatoms. The second-order valence-corrected chi connectivity index (χ2v) is 5.09. The third-order valence-electron chi connectivity index (χ3n) is 2.97. The zero-order valence-electron chi connectivity index (χ0n) is 12.0. The van der Waals surface area contributed by atoms with E-state index in [0.29, 0.717) is 6.54 Å². The number of nitrogens with zero attached hydrogens (tertiary/aromatic N) is 1. The molecule has 0 aliphatic rings. The van der Waals surface area contributed by atoms with E-state index in [-0.39, 0.29) is 0 Å². The summed E-state index contributed by atoms with van der Waals surface area (Å²) in [4.78, 5) is 4.61. The predicted molar refractivity (Wildman–Crippen MR) is 92.7 cm³/mol. The Morgan fingerprint density at radius 2 is 1.48 bits per heavy atom. The number of hydrogen-bond acceptors (Lipinski definition) is 2. The van der Waals surface area contributed by atoms with Crippen LogP contribution in [-0.4, -0.2) is 18.3 Å². The van der Waals surface area contributed by atoms with Crippen LogP contribution in [0.15, 0.2) is 65.7 Å². The molecule has 3 nitrogen and oxygen atoms in total. The zero-order chi connectivity index (χ0) is 14.8. The quantitative estimate of drug-likeness (QED) is 0.436. The van der Waals surface area contributed by atoms with Crippen molar-refractivity contribution in [1.82, 2.24) is 10.6 Å². The first-order valence-electron chi connectivity index (χ1n) is 7.09. The number of rotatable bonds is 6. The molecule has 21 heavy (non-hydrogen) atoms. The highest BCUT2D eigenvalue weighted by Crippen LogP contribution is 2.01. The van der Waals surface area contributed by atoms with Crippen molar-refractivity contribution in [3.8, 4) is 0 Å². The van der Waals surface area contributed by atoms with Crippen molar-refractivity contribution in [3.05, 3.63) is 71.8 Å². The normalized spacial score (nSPS) is 11.2. The SMILES string of the molecule is SCCNC(=NCc1ccccc1)NCc1ccccc1. The number of guanidine groups is 1. The molecule has 0 atom stereocenters. The molecule has 0 bridgehead atoms. The molecule has 0 saturated carbocycles. The van der Waals surface area contributed by atoms with Crippen molar-refractivity contribution >= 4 is 18.6 Å². The Balaban J connectivity index is 1.93. The molecule has 0 heterocycles. The highest BCUT2D eigenvalue weighted by Gasteiger charge is 1.98. The molecule has 0 amide bonds. The smallest absolute Gasteiger partial charge is 0.191 e. The highest BCUT2D eigenvalue weighted by molar-refractivity contribution is 7.80. The summed E-state index contributed by atoms with van der Waals surface area (Å²) < 4.78 is 0. The lowest BCUT2D eigenvalue weighted by atomic mass is 10.2. The van der Waals surface area contributed by atoms with Crippen LogP contribution in [-0.2, 0) is 13.1 Å². The van der Waals surface area contributed by atoms with Crippen LogP contribution >= 0.6 is 12.6 Å². The molecule has 0 radical (unpaired) electrons. The summed E-state index contributed by atoms with van der Waals surface area (Å²) in [5.41, 5.74) is 2.43. The molecule has 0 aliphatic carbocycles. The minimum Gasteiger partial charge on any atom is -0.356 e. The molecule has 2 N–H and O–H groups in total. The van der Waals surface area contributed by atoms with E-state index in [1.165, 1.54) is 11.1 Å². The van der Waals surface area contributed by atoms with Gasteiger partial charge in [-0.15, -0.1) is 0 Å². The van der Waals surface area contributed by atoms with E-state index < -0.39 is 0 Å². The third-order valence-corrected chi connectivity index (χ3v) is 3.19. The van der Waals surface area contributed by atoms with Gasteiger partial charge in [-0.05, 0) is 11.1 Å². The minimum atomic E-state index is 0.664. The van der Waals surface area contributed by atoms with Crippen molar-refractivity contribution in [2.24, 2.45) is 4.99 Å². The maximum absolute atomic E-state index is 4.61. The molecule has 0 aromatic heterocycles. The summed E-state index contributed by atoms with van der Waals surface area (Å²) in [7, 11) is 0. The Morgan fingerprint density at radius 3 is 2.10 bits per heavy atom. The molecule has 2 aromatic carbocycles. The predicted octanol–water partition coefficient (Wildman–Crippen LogP) is 2.85. The maximum Gasteiger partial charge on any atom is 0.191 e. The first-order chi connectivity index (χ1) is 10.4. The molecule has 110 valence electrons. The van der Waals surface area contributed by atoms with Crippen LogP contribution in [0.5, 0.6) is 0 Å². The fourth-order valence-corrected chi connectivity index (χ4v) is 2.00. The Bertz CT molecular complexity index is 540. The minimum absolute atomic E-state index is 0.664. The summed E-state index contributed by atoms with van der Waals surface area (Å²) in [5, 5.41) is 6.62. The molecule has 0 unspecified atom stereocenters. The van der Waals surface area contributed by atoms with Crippen LogP contribution < -0.4 is 10.6 Å². The molecule has 2 rings (SSSR count). The fourth-order valence-electron chi connectivity index (χ4n) is 1.88. The van der Waals surface area contributed by atoms with Crippen molar-refractivity contribution < 1.29 is 0 Å². The van der Waals surface area contributed by atoms with Gasteiger partial charge in [0.1, 0.15) is 0 Å². The van der Waals surface area contributed by atoms with E-state index >= 15 is 0 Å². The molecular weight excluding hydrogens is 278 g/mol. The van der Waals surface area contributed by atoms with Gasteiger partial charge in [-0.2, -0.15) is 12.6 Å². The largest absolute Gasteiger partial charge is 0.356 e. The maximum atomic E-state index is 4.61. The van der Waals surface area contributed by atoms with Gasteiger partial charge in [-0.25, -0.2) is 4.99 Å². The summed E-state index contributed by atoms with van der Waals surface area (Å²) >= 11 is 4.23. The lowest BCUT2D eigenvalue weighted by molar-refractivity contribution is 0.819. The van der Waals surface area contributed by atoms with Gasteiger partial charge in [0.2, 0.25) is 0 Å². The van der Waals surface area contributed by atoms with Gasteiger partial charge >= 0.3 is 0 Å². The first kappa shape index (κ1) is 15.4. The number of aliphatic imine (C=N–C) groups is 1. The van der Waals surface area contributed by atoms with Crippen molar-refractivity contribution in [2.75, 3.05) is 12.3 Å². The average Bonchev–Trinajstić information content (AvgIpc) is 2.56. The Hall–Kier alpha value is -1.94. The van der Waals surface area contributed by atoms with Gasteiger partial charge in [0.15, 0.2) is 5.96 Å².